The molecule has 1 saturated heterocycles. The van der Waals surface area contributed by atoms with E-state index in [2.05, 4.69) is 0 Å². The highest BCUT2D eigenvalue weighted by molar-refractivity contribution is 7.89. The summed E-state index contributed by atoms with van der Waals surface area (Å²) in [5, 5.41) is 0. The molecule has 6 heteroatoms. The first-order chi connectivity index (χ1) is 10.1. The minimum atomic E-state index is -3.38. The van der Waals surface area contributed by atoms with Crippen LogP contribution >= 0.6 is 11.6 Å². The van der Waals surface area contributed by atoms with Gasteiger partial charge in [0.2, 0.25) is 10.0 Å². The Bertz CT molecular complexity index is 590. The minimum absolute atomic E-state index is 0.216. The van der Waals surface area contributed by atoms with Gasteiger partial charge in [0, 0.05) is 31.0 Å². The summed E-state index contributed by atoms with van der Waals surface area (Å²) in [4.78, 5) is 0.409. The first-order valence-corrected chi connectivity index (χ1v) is 9.82. The van der Waals surface area contributed by atoms with Crippen molar-refractivity contribution in [2.45, 2.75) is 62.4 Å². The van der Waals surface area contributed by atoms with E-state index >= 15 is 0 Å². The molecule has 118 valence electrons. The van der Waals surface area contributed by atoms with Gasteiger partial charge in [-0.2, -0.15) is 4.31 Å². The van der Waals surface area contributed by atoms with E-state index < -0.39 is 10.0 Å². The van der Waals surface area contributed by atoms with Crippen molar-refractivity contribution in [1.82, 2.24) is 8.87 Å². The lowest BCUT2D eigenvalue weighted by molar-refractivity contribution is 0.260. The van der Waals surface area contributed by atoms with Crippen molar-refractivity contribution < 1.29 is 8.42 Å². The molecule has 0 amide bonds. The molecule has 0 N–H and O–H groups in total. The molecule has 0 spiro atoms. The van der Waals surface area contributed by atoms with Gasteiger partial charge in [-0.25, -0.2) is 8.42 Å². The quantitative estimate of drug-likeness (QED) is 0.796. The van der Waals surface area contributed by atoms with E-state index in [4.69, 9.17) is 11.6 Å². The minimum Gasteiger partial charge on any atom is -0.349 e. The second-order valence-corrected chi connectivity index (χ2v) is 8.26. The number of alkyl halides is 1. The van der Waals surface area contributed by atoms with Crippen molar-refractivity contribution in [1.29, 1.82) is 0 Å². The third-order valence-electron chi connectivity index (χ3n) is 5.00. The summed E-state index contributed by atoms with van der Waals surface area (Å²) in [6.45, 7) is 3.41. The second-order valence-electron chi connectivity index (χ2n) is 6.10. The Kier molecular flexibility index (Phi) is 4.35. The number of nitrogens with zero attached hydrogens (tertiary/aromatic N) is 2. The SMILES string of the molecule is CCn1cc(S(=O)(=O)N2CCC3CCCCC32)cc1CCl. The van der Waals surface area contributed by atoms with Crippen LogP contribution in [0.1, 0.15) is 44.7 Å². The van der Waals surface area contributed by atoms with Gasteiger partial charge in [0.25, 0.3) is 0 Å². The van der Waals surface area contributed by atoms with Crippen LogP contribution in [0.3, 0.4) is 0 Å². The fraction of sp³-hybridized carbons (Fsp3) is 0.733. The van der Waals surface area contributed by atoms with Crippen LogP contribution in [0.4, 0.5) is 0 Å². The van der Waals surface area contributed by atoms with Crippen molar-refractivity contribution >= 4 is 21.6 Å². The molecule has 1 aliphatic carbocycles. The summed E-state index contributed by atoms with van der Waals surface area (Å²) < 4.78 is 29.6. The maximum absolute atomic E-state index is 13.0. The molecule has 0 bridgehead atoms. The largest absolute Gasteiger partial charge is 0.349 e. The van der Waals surface area contributed by atoms with Gasteiger partial charge in [-0.1, -0.05) is 12.8 Å². The molecule has 3 rings (SSSR count). The molecule has 21 heavy (non-hydrogen) atoms. The van der Waals surface area contributed by atoms with Gasteiger partial charge in [0.05, 0.1) is 5.88 Å². The van der Waals surface area contributed by atoms with E-state index in [0.29, 0.717) is 23.2 Å². The predicted octanol–water partition coefficient (Wildman–Crippen LogP) is 3.20. The molecular weight excluding hydrogens is 308 g/mol. The van der Waals surface area contributed by atoms with E-state index in [9.17, 15) is 8.42 Å². The van der Waals surface area contributed by atoms with Gasteiger partial charge in [0.15, 0.2) is 0 Å². The Morgan fingerprint density at radius 2 is 2.05 bits per heavy atom. The lowest BCUT2D eigenvalue weighted by atomic mass is 9.86. The molecule has 2 heterocycles. The zero-order valence-corrected chi connectivity index (χ0v) is 14.0. The summed E-state index contributed by atoms with van der Waals surface area (Å²) in [6.07, 6.45) is 7.35. The molecule has 2 unspecified atom stereocenters. The van der Waals surface area contributed by atoms with Gasteiger partial charge < -0.3 is 4.57 Å². The van der Waals surface area contributed by atoms with Gasteiger partial charge in [-0.3, -0.25) is 0 Å². The van der Waals surface area contributed by atoms with E-state index in [1.54, 1.807) is 16.6 Å². The van der Waals surface area contributed by atoms with Crippen molar-refractivity contribution in [3.63, 3.8) is 0 Å². The highest BCUT2D eigenvalue weighted by atomic mass is 35.5. The first kappa shape index (κ1) is 15.4. The Labute approximate surface area is 132 Å². The monoisotopic (exact) mass is 330 g/mol. The molecule has 1 aromatic heterocycles. The summed E-state index contributed by atoms with van der Waals surface area (Å²) >= 11 is 5.92. The molecule has 2 fully saturated rings. The smallest absolute Gasteiger partial charge is 0.244 e. The molecular formula is C15H23ClN2O2S. The number of aryl methyl sites for hydroxylation is 1. The second kappa shape index (κ2) is 5.94. The van der Waals surface area contributed by atoms with Crippen molar-refractivity contribution in [2.75, 3.05) is 6.54 Å². The van der Waals surface area contributed by atoms with Crippen molar-refractivity contribution in [3.8, 4) is 0 Å². The van der Waals surface area contributed by atoms with Crippen LogP contribution in [0.25, 0.3) is 0 Å². The van der Waals surface area contributed by atoms with Crippen LogP contribution in [0, 0.1) is 5.92 Å². The molecule has 1 aromatic rings. The van der Waals surface area contributed by atoms with Gasteiger partial charge in [-0.15, -0.1) is 11.6 Å². The summed E-state index contributed by atoms with van der Waals surface area (Å²) in [5.41, 5.74) is 0.872. The number of aromatic nitrogens is 1. The van der Waals surface area contributed by atoms with Gasteiger partial charge >= 0.3 is 0 Å². The molecule has 0 radical (unpaired) electrons. The fourth-order valence-electron chi connectivity index (χ4n) is 3.87. The van der Waals surface area contributed by atoms with E-state index in [1.165, 1.54) is 12.8 Å². The van der Waals surface area contributed by atoms with Crippen LogP contribution in [0.2, 0.25) is 0 Å². The van der Waals surface area contributed by atoms with Crippen molar-refractivity contribution in [3.05, 3.63) is 18.0 Å². The summed E-state index contributed by atoms with van der Waals surface area (Å²) in [5.74, 6) is 0.907. The number of hydrogen-bond donors (Lipinski definition) is 0. The van der Waals surface area contributed by atoms with E-state index in [1.807, 2.05) is 11.5 Å². The van der Waals surface area contributed by atoms with Crippen molar-refractivity contribution in [2.24, 2.45) is 5.92 Å². The number of hydrogen-bond acceptors (Lipinski definition) is 2. The highest BCUT2D eigenvalue weighted by Gasteiger charge is 2.42. The Balaban J connectivity index is 1.91. The van der Waals surface area contributed by atoms with E-state index in [-0.39, 0.29) is 6.04 Å². The van der Waals surface area contributed by atoms with Crippen LogP contribution in [0.5, 0.6) is 0 Å². The molecule has 0 aromatic carbocycles. The third kappa shape index (κ3) is 2.64. The first-order valence-electron chi connectivity index (χ1n) is 7.84. The van der Waals surface area contributed by atoms with Crippen LogP contribution in [0.15, 0.2) is 17.2 Å². The average molecular weight is 331 g/mol. The summed E-state index contributed by atoms with van der Waals surface area (Å²) in [7, 11) is -3.38. The Hall–Kier alpha value is -0.520. The molecule has 2 atom stereocenters. The summed E-state index contributed by atoms with van der Waals surface area (Å²) in [6, 6.07) is 1.95. The normalized spacial score (nSPS) is 27.0. The highest BCUT2D eigenvalue weighted by Crippen LogP contribution is 2.39. The third-order valence-corrected chi connectivity index (χ3v) is 7.17. The van der Waals surface area contributed by atoms with Crippen LogP contribution in [-0.4, -0.2) is 29.9 Å². The molecule has 4 nitrogen and oxygen atoms in total. The zero-order valence-electron chi connectivity index (χ0n) is 12.5. The van der Waals surface area contributed by atoms with Crippen LogP contribution in [-0.2, 0) is 22.4 Å². The topological polar surface area (TPSA) is 42.3 Å². The van der Waals surface area contributed by atoms with Crippen LogP contribution < -0.4 is 0 Å². The Morgan fingerprint density at radius 3 is 2.71 bits per heavy atom. The lowest BCUT2D eigenvalue weighted by Crippen LogP contribution is -2.39. The number of halogens is 1. The maximum Gasteiger partial charge on any atom is 0.244 e. The number of fused-ring (bicyclic) bond motifs is 1. The average Bonchev–Trinajstić information content (AvgIpc) is 3.11. The van der Waals surface area contributed by atoms with Gasteiger partial charge in [-0.05, 0) is 38.2 Å². The van der Waals surface area contributed by atoms with Gasteiger partial charge in [0.1, 0.15) is 4.90 Å². The zero-order chi connectivity index (χ0) is 15.0. The number of rotatable bonds is 4. The maximum atomic E-state index is 13.0. The molecule has 1 aliphatic heterocycles. The Morgan fingerprint density at radius 1 is 1.29 bits per heavy atom. The van der Waals surface area contributed by atoms with E-state index in [0.717, 1.165) is 31.5 Å². The molecule has 1 saturated carbocycles. The molecule has 2 aliphatic rings. The fourth-order valence-corrected chi connectivity index (χ4v) is 5.90. The lowest BCUT2D eigenvalue weighted by Gasteiger charge is -2.30. The standard InChI is InChI=1S/C15H23ClN2O2S/c1-2-17-11-14(9-13(17)10-16)21(19,20)18-8-7-12-5-3-4-6-15(12)18/h9,11-12,15H,2-8,10H2,1H3. The predicted molar refractivity (Wildman–Crippen MR) is 83.9 cm³/mol. The number of sulfonamides is 1.